The molecule has 0 radical (unpaired) electrons. The predicted octanol–water partition coefficient (Wildman–Crippen LogP) is 2.12. The second-order valence-corrected chi connectivity index (χ2v) is 4.12. The Balaban J connectivity index is 2.39. The molecule has 0 aliphatic rings. The van der Waals surface area contributed by atoms with Gasteiger partial charge in [-0.1, -0.05) is 11.6 Å². The van der Waals surface area contributed by atoms with Crippen molar-refractivity contribution in [2.24, 2.45) is 0 Å². The molecule has 0 fully saturated rings. The van der Waals surface area contributed by atoms with Crippen LogP contribution in [0.2, 0.25) is 5.02 Å². The molecular formula is C11H12Cl2N2O2. The van der Waals surface area contributed by atoms with Crippen molar-refractivity contribution in [2.45, 2.75) is 12.8 Å². The molecule has 1 aromatic rings. The summed E-state index contributed by atoms with van der Waals surface area (Å²) in [6.45, 7) is 0. The van der Waals surface area contributed by atoms with Gasteiger partial charge in [0.2, 0.25) is 5.91 Å². The fraction of sp³-hybridized carbons (Fsp3) is 0.273. The zero-order valence-electron chi connectivity index (χ0n) is 9.00. The molecule has 0 spiro atoms. The highest BCUT2D eigenvalue weighted by atomic mass is 35.5. The van der Waals surface area contributed by atoms with Crippen LogP contribution in [0.5, 0.6) is 0 Å². The number of hydrogen-bond donors (Lipinski definition) is 2. The molecule has 0 aromatic heterocycles. The maximum absolute atomic E-state index is 11.5. The summed E-state index contributed by atoms with van der Waals surface area (Å²) < 4.78 is 0. The van der Waals surface area contributed by atoms with Gasteiger partial charge in [-0.05, 0) is 30.7 Å². The van der Waals surface area contributed by atoms with Crippen LogP contribution in [0.1, 0.15) is 23.2 Å². The van der Waals surface area contributed by atoms with Gasteiger partial charge < -0.3 is 0 Å². The molecule has 0 unspecified atom stereocenters. The van der Waals surface area contributed by atoms with Crippen LogP contribution in [0.15, 0.2) is 24.3 Å². The minimum atomic E-state index is -0.388. The molecule has 0 heterocycles. The monoisotopic (exact) mass is 274 g/mol. The Morgan fingerprint density at radius 2 is 1.76 bits per heavy atom. The molecule has 4 nitrogen and oxygen atoms in total. The first-order valence-corrected chi connectivity index (χ1v) is 5.95. The van der Waals surface area contributed by atoms with E-state index in [-0.39, 0.29) is 18.2 Å². The number of rotatable bonds is 4. The summed E-state index contributed by atoms with van der Waals surface area (Å²) >= 11 is 11.1. The van der Waals surface area contributed by atoms with Gasteiger partial charge >= 0.3 is 0 Å². The van der Waals surface area contributed by atoms with Crippen LogP contribution < -0.4 is 10.9 Å². The zero-order chi connectivity index (χ0) is 12.7. The minimum Gasteiger partial charge on any atom is -0.273 e. The van der Waals surface area contributed by atoms with E-state index in [4.69, 9.17) is 23.2 Å². The smallest absolute Gasteiger partial charge is 0.269 e. The minimum absolute atomic E-state index is 0.270. The topological polar surface area (TPSA) is 58.2 Å². The largest absolute Gasteiger partial charge is 0.273 e. The number of amides is 2. The van der Waals surface area contributed by atoms with Crippen LogP contribution >= 0.6 is 23.2 Å². The third-order valence-corrected chi connectivity index (χ3v) is 2.48. The van der Waals surface area contributed by atoms with E-state index in [1.165, 1.54) is 0 Å². The Morgan fingerprint density at radius 3 is 2.35 bits per heavy atom. The van der Waals surface area contributed by atoms with Gasteiger partial charge in [-0.2, -0.15) is 0 Å². The number of alkyl halides is 1. The maximum atomic E-state index is 11.5. The Hall–Kier alpha value is -1.26. The summed E-state index contributed by atoms with van der Waals surface area (Å²) in [6, 6.07) is 6.35. The first kappa shape index (κ1) is 13.8. The summed E-state index contributed by atoms with van der Waals surface area (Å²) in [4.78, 5) is 22.7. The molecule has 0 bridgehead atoms. The summed E-state index contributed by atoms with van der Waals surface area (Å²) in [6.07, 6.45) is 0.856. The lowest BCUT2D eigenvalue weighted by molar-refractivity contribution is -0.121. The molecule has 0 aliphatic carbocycles. The fourth-order valence-corrected chi connectivity index (χ4v) is 1.35. The maximum Gasteiger partial charge on any atom is 0.269 e. The molecule has 0 aliphatic heterocycles. The summed E-state index contributed by atoms with van der Waals surface area (Å²) in [7, 11) is 0. The lowest BCUT2D eigenvalue weighted by Gasteiger charge is -2.06. The van der Waals surface area contributed by atoms with Crippen LogP contribution in [-0.2, 0) is 4.79 Å². The van der Waals surface area contributed by atoms with Gasteiger partial charge in [0.25, 0.3) is 5.91 Å². The van der Waals surface area contributed by atoms with Crippen molar-refractivity contribution in [3.8, 4) is 0 Å². The molecular weight excluding hydrogens is 263 g/mol. The third-order valence-electron chi connectivity index (χ3n) is 1.96. The van der Waals surface area contributed by atoms with E-state index in [0.717, 1.165) is 0 Å². The van der Waals surface area contributed by atoms with E-state index in [2.05, 4.69) is 10.9 Å². The average molecular weight is 275 g/mol. The van der Waals surface area contributed by atoms with Gasteiger partial charge in [-0.25, -0.2) is 0 Å². The van der Waals surface area contributed by atoms with E-state index in [0.29, 0.717) is 22.9 Å². The summed E-state index contributed by atoms with van der Waals surface area (Å²) in [5.74, 6) is -0.243. The molecule has 0 saturated heterocycles. The van der Waals surface area contributed by atoms with Gasteiger partial charge in [0, 0.05) is 22.9 Å². The number of carbonyl (C=O) groups excluding carboxylic acids is 2. The van der Waals surface area contributed by atoms with E-state index in [1.54, 1.807) is 24.3 Å². The van der Waals surface area contributed by atoms with E-state index < -0.39 is 0 Å². The molecule has 2 amide bonds. The molecule has 1 rings (SSSR count). The highest BCUT2D eigenvalue weighted by Gasteiger charge is 2.06. The Labute approximate surface area is 109 Å². The number of nitrogens with one attached hydrogen (secondary N) is 2. The quantitative estimate of drug-likeness (QED) is 0.653. The van der Waals surface area contributed by atoms with Crippen LogP contribution in [0, 0.1) is 0 Å². The Kier molecular flexibility index (Phi) is 5.80. The number of halogens is 2. The summed E-state index contributed by atoms with van der Waals surface area (Å²) in [5, 5.41) is 0.549. The van der Waals surface area contributed by atoms with E-state index in [1.807, 2.05) is 0 Å². The van der Waals surface area contributed by atoms with Crippen LogP contribution in [0.3, 0.4) is 0 Å². The van der Waals surface area contributed by atoms with Gasteiger partial charge in [0.1, 0.15) is 0 Å². The molecule has 0 atom stereocenters. The van der Waals surface area contributed by atoms with Crippen molar-refractivity contribution >= 4 is 35.0 Å². The number of hydrazine groups is 1. The fourth-order valence-electron chi connectivity index (χ4n) is 1.09. The zero-order valence-corrected chi connectivity index (χ0v) is 10.5. The van der Waals surface area contributed by atoms with Gasteiger partial charge in [-0.15, -0.1) is 11.6 Å². The molecule has 2 N–H and O–H groups in total. The highest BCUT2D eigenvalue weighted by Crippen LogP contribution is 2.08. The van der Waals surface area contributed by atoms with Crippen molar-refractivity contribution in [1.82, 2.24) is 10.9 Å². The number of hydrogen-bond acceptors (Lipinski definition) is 2. The van der Waals surface area contributed by atoms with Crippen molar-refractivity contribution in [2.75, 3.05) is 5.88 Å². The predicted molar refractivity (Wildman–Crippen MR) is 67.0 cm³/mol. The summed E-state index contributed by atoms with van der Waals surface area (Å²) in [5.41, 5.74) is 5.03. The van der Waals surface area contributed by atoms with E-state index in [9.17, 15) is 9.59 Å². The second-order valence-electron chi connectivity index (χ2n) is 3.30. The van der Waals surface area contributed by atoms with Crippen LogP contribution in [0.4, 0.5) is 0 Å². The Bertz CT molecular complexity index is 393. The van der Waals surface area contributed by atoms with Gasteiger partial charge in [-0.3, -0.25) is 20.4 Å². The lowest BCUT2D eigenvalue weighted by atomic mass is 10.2. The molecule has 0 saturated carbocycles. The first-order chi connectivity index (χ1) is 8.13. The Morgan fingerprint density at radius 1 is 1.12 bits per heavy atom. The van der Waals surface area contributed by atoms with Crippen molar-refractivity contribution < 1.29 is 9.59 Å². The van der Waals surface area contributed by atoms with Gasteiger partial charge in [0.05, 0.1) is 0 Å². The normalized spacial score (nSPS) is 9.76. The van der Waals surface area contributed by atoms with Crippen molar-refractivity contribution in [1.29, 1.82) is 0 Å². The number of benzene rings is 1. The molecule has 6 heteroatoms. The average Bonchev–Trinajstić information content (AvgIpc) is 2.34. The third kappa shape index (κ3) is 5.06. The first-order valence-electron chi connectivity index (χ1n) is 5.04. The molecule has 92 valence electrons. The molecule has 1 aromatic carbocycles. The molecule has 17 heavy (non-hydrogen) atoms. The van der Waals surface area contributed by atoms with Crippen molar-refractivity contribution in [3.63, 3.8) is 0 Å². The SMILES string of the molecule is O=C(CCCCl)NNC(=O)c1ccc(Cl)cc1. The highest BCUT2D eigenvalue weighted by molar-refractivity contribution is 6.30. The van der Waals surface area contributed by atoms with Gasteiger partial charge in [0.15, 0.2) is 0 Å². The second kappa shape index (κ2) is 7.14. The van der Waals surface area contributed by atoms with Crippen molar-refractivity contribution in [3.05, 3.63) is 34.9 Å². The lowest BCUT2D eigenvalue weighted by Crippen LogP contribution is -2.41. The van der Waals surface area contributed by atoms with Crippen LogP contribution in [0.25, 0.3) is 0 Å². The van der Waals surface area contributed by atoms with E-state index >= 15 is 0 Å². The van der Waals surface area contributed by atoms with Crippen LogP contribution in [-0.4, -0.2) is 17.7 Å². The standard InChI is InChI=1S/C11H12Cl2N2O2/c12-7-1-2-10(16)14-15-11(17)8-3-5-9(13)6-4-8/h3-6H,1-2,7H2,(H,14,16)(H,15,17). The number of carbonyl (C=O) groups is 2.